The van der Waals surface area contributed by atoms with Gasteiger partial charge in [-0.1, -0.05) is 72.8 Å². The molecule has 0 unspecified atom stereocenters. The number of benzene rings is 3. The van der Waals surface area contributed by atoms with E-state index in [1.165, 1.54) is 36.1 Å². The minimum absolute atomic E-state index is 0.207. The molecule has 3 saturated heterocycles. The SMILES string of the molecule is Fc1ccc(C=N[C@@H]2C3CCN(CC3)[C@H]2C(c2ccccc2)c2ccccc2)cc1. The molecule has 3 heterocycles. The third-order valence-electron chi connectivity index (χ3n) is 6.75. The number of hydrogen-bond donors (Lipinski definition) is 0. The molecule has 0 saturated carbocycles. The van der Waals surface area contributed by atoms with Crippen LogP contribution in [0.5, 0.6) is 0 Å². The summed E-state index contributed by atoms with van der Waals surface area (Å²) >= 11 is 0. The lowest BCUT2D eigenvalue weighted by molar-refractivity contribution is 0.0215. The Balaban J connectivity index is 1.54. The van der Waals surface area contributed by atoms with Gasteiger partial charge in [0.25, 0.3) is 0 Å². The monoisotopic (exact) mass is 398 g/mol. The molecule has 3 heteroatoms. The molecule has 30 heavy (non-hydrogen) atoms. The first-order chi connectivity index (χ1) is 14.8. The van der Waals surface area contributed by atoms with Gasteiger partial charge >= 0.3 is 0 Å². The Morgan fingerprint density at radius 2 is 1.37 bits per heavy atom. The Morgan fingerprint density at radius 3 is 1.93 bits per heavy atom. The van der Waals surface area contributed by atoms with E-state index in [1.54, 1.807) is 12.1 Å². The van der Waals surface area contributed by atoms with Crippen molar-refractivity contribution in [1.29, 1.82) is 0 Å². The topological polar surface area (TPSA) is 15.6 Å². The largest absolute Gasteiger partial charge is 0.297 e. The minimum Gasteiger partial charge on any atom is -0.297 e. The van der Waals surface area contributed by atoms with Crippen molar-refractivity contribution in [3.63, 3.8) is 0 Å². The second kappa shape index (κ2) is 8.53. The number of piperidine rings is 3. The number of halogens is 1. The van der Waals surface area contributed by atoms with E-state index in [1.807, 2.05) is 6.21 Å². The molecule has 2 nitrogen and oxygen atoms in total. The Bertz CT molecular complexity index is 937. The lowest BCUT2D eigenvalue weighted by Crippen LogP contribution is -2.59. The maximum atomic E-state index is 13.3. The summed E-state index contributed by atoms with van der Waals surface area (Å²) in [6.45, 7) is 2.29. The van der Waals surface area contributed by atoms with Crippen LogP contribution in [0.3, 0.4) is 0 Å². The molecule has 0 N–H and O–H groups in total. The fraction of sp³-hybridized carbons (Fsp3) is 0.296. The van der Waals surface area contributed by atoms with Crippen LogP contribution in [0.15, 0.2) is 89.9 Å². The van der Waals surface area contributed by atoms with Crippen LogP contribution in [0.4, 0.5) is 4.39 Å². The molecule has 3 aromatic carbocycles. The summed E-state index contributed by atoms with van der Waals surface area (Å²) in [6, 6.07) is 28.9. The molecular weight excluding hydrogens is 371 g/mol. The average Bonchev–Trinajstić information content (AvgIpc) is 2.82. The molecule has 152 valence electrons. The van der Waals surface area contributed by atoms with Crippen LogP contribution in [-0.2, 0) is 0 Å². The van der Waals surface area contributed by atoms with Gasteiger partial charge in [0.15, 0.2) is 0 Å². The molecule has 2 bridgehead atoms. The summed E-state index contributed by atoms with van der Waals surface area (Å²) in [7, 11) is 0. The third kappa shape index (κ3) is 3.82. The summed E-state index contributed by atoms with van der Waals surface area (Å²) in [5.41, 5.74) is 3.66. The summed E-state index contributed by atoms with van der Waals surface area (Å²) in [6.07, 6.45) is 4.36. The van der Waals surface area contributed by atoms with Gasteiger partial charge in [-0.3, -0.25) is 9.89 Å². The number of nitrogens with zero attached hydrogens (tertiary/aromatic N) is 2. The van der Waals surface area contributed by atoms with Crippen molar-refractivity contribution >= 4 is 6.21 Å². The van der Waals surface area contributed by atoms with Crippen molar-refractivity contribution < 1.29 is 4.39 Å². The van der Waals surface area contributed by atoms with Gasteiger partial charge < -0.3 is 0 Å². The molecule has 0 radical (unpaired) electrons. The van der Waals surface area contributed by atoms with E-state index in [0.717, 1.165) is 18.7 Å². The smallest absolute Gasteiger partial charge is 0.123 e. The maximum Gasteiger partial charge on any atom is 0.123 e. The van der Waals surface area contributed by atoms with Gasteiger partial charge in [-0.15, -0.1) is 0 Å². The zero-order valence-corrected chi connectivity index (χ0v) is 17.1. The quantitative estimate of drug-likeness (QED) is 0.515. The van der Waals surface area contributed by atoms with E-state index in [2.05, 4.69) is 65.6 Å². The summed E-state index contributed by atoms with van der Waals surface area (Å²) < 4.78 is 13.3. The highest BCUT2D eigenvalue weighted by Gasteiger charge is 2.46. The third-order valence-corrected chi connectivity index (χ3v) is 6.75. The zero-order chi connectivity index (χ0) is 20.3. The first-order valence-electron chi connectivity index (χ1n) is 10.9. The first-order valence-corrected chi connectivity index (χ1v) is 10.9. The Labute approximate surface area is 178 Å². The average molecular weight is 399 g/mol. The molecule has 0 aromatic heterocycles. The molecule has 0 spiro atoms. The minimum atomic E-state index is -0.207. The fourth-order valence-corrected chi connectivity index (χ4v) is 5.30. The van der Waals surface area contributed by atoms with Crippen LogP contribution in [0.2, 0.25) is 0 Å². The number of aliphatic imine (C=N–C) groups is 1. The Kier molecular flexibility index (Phi) is 5.46. The molecule has 0 aliphatic carbocycles. The van der Waals surface area contributed by atoms with Gasteiger partial charge in [0.05, 0.1) is 6.04 Å². The molecule has 3 aliphatic rings. The van der Waals surface area contributed by atoms with Crippen LogP contribution in [0, 0.1) is 11.7 Å². The van der Waals surface area contributed by atoms with E-state index in [4.69, 9.17) is 4.99 Å². The zero-order valence-electron chi connectivity index (χ0n) is 17.1. The van der Waals surface area contributed by atoms with Crippen molar-refractivity contribution in [3.05, 3.63) is 107 Å². The standard InChI is InChI=1S/C27H27FN2/c28-24-13-11-20(12-14-24)19-29-26-23-15-17-30(18-16-23)27(26)25(21-7-3-1-4-8-21)22-9-5-2-6-10-22/h1-14,19,23,25-27H,15-18H2/t26-,27+/m1/s1. The van der Waals surface area contributed by atoms with Crippen molar-refractivity contribution in [2.75, 3.05) is 13.1 Å². The van der Waals surface area contributed by atoms with Crippen molar-refractivity contribution in [1.82, 2.24) is 4.90 Å². The summed E-state index contributed by atoms with van der Waals surface area (Å²) in [4.78, 5) is 7.78. The molecule has 3 aliphatic heterocycles. The van der Waals surface area contributed by atoms with E-state index in [9.17, 15) is 4.39 Å². The van der Waals surface area contributed by atoms with E-state index in [0.29, 0.717) is 12.0 Å². The van der Waals surface area contributed by atoms with Crippen molar-refractivity contribution in [2.45, 2.75) is 30.8 Å². The number of fused-ring (bicyclic) bond motifs is 3. The Hall–Kier alpha value is -2.78. The lowest BCUT2D eigenvalue weighted by Gasteiger charge is -2.52. The van der Waals surface area contributed by atoms with Crippen LogP contribution >= 0.6 is 0 Å². The van der Waals surface area contributed by atoms with Gasteiger partial charge in [-0.25, -0.2) is 4.39 Å². The maximum absolute atomic E-state index is 13.3. The second-order valence-electron chi connectivity index (χ2n) is 8.48. The Morgan fingerprint density at radius 1 is 0.800 bits per heavy atom. The van der Waals surface area contributed by atoms with Gasteiger partial charge in [-0.2, -0.15) is 0 Å². The molecule has 6 rings (SSSR count). The van der Waals surface area contributed by atoms with Crippen molar-refractivity contribution in [3.8, 4) is 0 Å². The van der Waals surface area contributed by atoms with E-state index < -0.39 is 0 Å². The number of rotatable bonds is 5. The van der Waals surface area contributed by atoms with Crippen LogP contribution < -0.4 is 0 Å². The molecule has 0 amide bonds. The molecule has 3 fully saturated rings. The van der Waals surface area contributed by atoms with Crippen LogP contribution in [0.1, 0.15) is 35.4 Å². The van der Waals surface area contributed by atoms with Gasteiger partial charge in [-0.05, 0) is 60.7 Å². The van der Waals surface area contributed by atoms with E-state index >= 15 is 0 Å². The predicted octanol–water partition coefficient (Wildman–Crippen LogP) is 5.54. The summed E-state index contributed by atoms with van der Waals surface area (Å²) in [5, 5.41) is 0. The fourth-order valence-electron chi connectivity index (χ4n) is 5.30. The highest BCUT2D eigenvalue weighted by molar-refractivity contribution is 5.79. The predicted molar refractivity (Wildman–Crippen MR) is 121 cm³/mol. The second-order valence-corrected chi connectivity index (χ2v) is 8.48. The van der Waals surface area contributed by atoms with Crippen molar-refractivity contribution in [2.24, 2.45) is 10.9 Å². The molecule has 2 atom stereocenters. The molecule has 3 aromatic rings. The highest BCUT2D eigenvalue weighted by atomic mass is 19.1. The van der Waals surface area contributed by atoms with Gasteiger partial charge in [0.1, 0.15) is 5.82 Å². The normalized spacial score (nSPS) is 25.8. The van der Waals surface area contributed by atoms with Gasteiger partial charge in [0, 0.05) is 18.2 Å². The first kappa shape index (κ1) is 19.2. The van der Waals surface area contributed by atoms with Gasteiger partial charge in [0.2, 0.25) is 0 Å². The molecular formula is C27H27FN2. The summed E-state index contributed by atoms with van der Waals surface area (Å²) in [5.74, 6) is 0.679. The van der Waals surface area contributed by atoms with Crippen LogP contribution in [0.25, 0.3) is 0 Å². The highest BCUT2D eigenvalue weighted by Crippen LogP contribution is 2.43. The van der Waals surface area contributed by atoms with E-state index in [-0.39, 0.29) is 17.8 Å². The number of hydrogen-bond acceptors (Lipinski definition) is 2. The lowest BCUT2D eigenvalue weighted by atomic mass is 9.71. The van der Waals surface area contributed by atoms with Crippen LogP contribution in [-0.4, -0.2) is 36.3 Å².